The zero-order valence-corrected chi connectivity index (χ0v) is 8.40. The molecule has 1 aromatic heterocycles. The van der Waals surface area contributed by atoms with Gasteiger partial charge in [-0.2, -0.15) is 0 Å². The van der Waals surface area contributed by atoms with Crippen molar-refractivity contribution in [1.82, 2.24) is 4.98 Å². The Balaban J connectivity index is 2.95. The second kappa shape index (κ2) is 3.26. The van der Waals surface area contributed by atoms with Gasteiger partial charge in [0, 0.05) is 10.4 Å². The summed E-state index contributed by atoms with van der Waals surface area (Å²) >= 11 is 11.6. The highest BCUT2D eigenvalue weighted by Gasteiger charge is 2.09. The molecule has 2 rings (SSSR count). The number of anilines is 1. The first-order valence-electron chi connectivity index (χ1n) is 3.78. The summed E-state index contributed by atoms with van der Waals surface area (Å²) in [5.74, 6) is -0.505. The number of nitrogen functional groups attached to an aromatic ring is 1. The minimum absolute atomic E-state index is 0.175. The molecule has 1 heterocycles. The van der Waals surface area contributed by atoms with Gasteiger partial charge in [-0.1, -0.05) is 23.2 Å². The molecule has 72 valence electrons. The third-order valence-corrected chi connectivity index (χ3v) is 2.49. The van der Waals surface area contributed by atoms with Gasteiger partial charge in [-0.25, -0.2) is 4.39 Å². The number of aromatic nitrogens is 1. The van der Waals surface area contributed by atoms with E-state index in [1.54, 1.807) is 0 Å². The Labute approximate surface area is 89.4 Å². The molecule has 0 aliphatic rings. The molecule has 0 saturated carbocycles. The summed E-state index contributed by atoms with van der Waals surface area (Å²) in [6.07, 6.45) is 1.32. The zero-order valence-electron chi connectivity index (χ0n) is 6.89. The average Bonchev–Trinajstić information content (AvgIpc) is 2.12. The molecule has 0 bridgehead atoms. The van der Waals surface area contributed by atoms with Crippen LogP contribution in [0.3, 0.4) is 0 Å². The van der Waals surface area contributed by atoms with Crippen LogP contribution in [-0.2, 0) is 0 Å². The van der Waals surface area contributed by atoms with Crippen LogP contribution in [0.4, 0.5) is 10.1 Å². The molecule has 0 amide bonds. The van der Waals surface area contributed by atoms with E-state index >= 15 is 0 Å². The largest absolute Gasteiger partial charge is 0.396 e. The van der Waals surface area contributed by atoms with Gasteiger partial charge in [0.15, 0.2) is 5.82 Å². The second-order valence-electron chi connectivity index (χ2n) is 2.81. The number of fused-ring (bicyclic) bond motifs is 1. The van der Waals surface area contributed by atoms with Gasteiger partial charge in [0.05, 0.1) is 16.9 Å². The van der Waals surface area contributed by atoms with Gasteiger partial charge in [-0.3, -0.25) is 4.98 Å². The van der Waals surface area contributed by atoms with E-state index in [-0.39, 0.29) is 15.6 Å². The molecule has 14 heavy (non-hydrogen) atoms. The molecule has 2 aromatic rings. The highest BCUT2D eigenvalue weighted by molar-refractivity contribution is 6.38. The molecule has 2 N–H and O–H groups in total. The van der Waals surface area contributed by atoms with Crippen molar-refractivity contribution in [3.8, 4) is 0 Å². The van der Waals surface area contributed by atoms with Gasteiger partial charge in [0.2, 0.25) is 0 Å². The number of rotatable bonds is 0. The van der Waals surface area contributed by atoms with Crippen LogP contribution in [0.25, 0.3) is 10.9 Å². The van der Waals surface area contributed by atoms with E-state index < -0.39 is 5.82 Å². The van der Waals surface area contributed by atoms with Crippen LogP contribution in [-0.4, -0.2) is 4.98 Å². The van der Waals surface area contributed by atoms with E-state index in [2.05, 4.69) is 4.98 Å². The highest BCUT2D eigenvalue weighted by Crippen LogP contribution is 2.30. The summed E-state index contributed by atoms with van der Waals surface area (Å²) in [6, 6.07) is 2.72. The Kier molecular flexibility index (Phi) is 2.21. The molecule has 0 aliphatic heterocycles. The molecule has 5 heteroatoms. The molecule has 0 atom stereocenters. The van der Waals surface area contributed by atoms with Gasteiger partial charge < -0.3 is 5.73 Å². The van der Waals surface area contributed by atoms with Crippen molar-refractivity contribution in [2.75, 3.05) is 5.73 Å². The van der Waals surface area contributed by atoms with Crippen molar-refractivity contribution >= 4 is 39.8 Å². The van der Waals surface area contributed by atoms with Gasteiger partial charge in [-0.05, 0) is 12.1 Å². The van der Waals surface area contributed by atoms with Crippen LogP contribution >= 0.6 is 23.2 Å². The molecule has 0 fully saturated rings. The van der Waals surface area contributed by atoms with Crippen molar-refractivity contribution in [3.05, 3.63) is 34.2 Å². The lowest BCUT2D eigenvalue weighted by molar-refractivity contribution is 0.637. The summed E-state index contributed by atoms with van der Waals surface area (Å²) in [6.45, 7) is 0. The van der Waals surface area contributed by atoms with Crippen molar-refractivity contribution < 1.29 is 4.39 Å². The summed E-state index contributed by atoms with van der Waals surface area (Å²) < 4.78 is 13.3. The van der Waals surface area contributed by atoms with E-state index in [0.29, 0.717) is 11.1 Å². The van der Waals surface area contributed by atoms with E-state index in [4.69, 9.17) is 28.9 Å². The molecule has 0 spiro atoms. The minimum atomic E-state index is -0.505. The number of hydrogen-bond acceptors (Lipinski definition) is 2. The lowest BCUT2D eigenvalue weighted by Gasteiger charge is -2.04. The summed E-state index contributed by atoms with van der Waals surface area (Å²) in [5.41, 5.74) is 6.01. The van der Waals surface area contributed by atoms with Crippen molar-refractivity contribution in [1.29, 1.82) is 0 Å². The Morgan fingerprint density at radius 3 is 2.71 bits per heavy atom. The van der Waals surface area contributed by atoms with E-state index in [9.17, 15) is 4.39 Å². The molecule has 0 saturated heterocycles. The summed E-state index contributed by atoms with van der Waals surface area (Å²) in [7, 11) is 0. The first kappa shape index (κ1) is 9.49. The fraction of sp³-hybridized carbons (Fsp3) is 0. The smallest absolute Gasteiger partial charge is 0.150 e. The Morgan fingerprint density at radius 1 is 1.29 bits per heavy atom. The van der Waals surface area contributed by atoms with Crippen LogP contribution in [0.2, 0.25) is 10.0 Å². The molecule has 0 aliphatic carbocycles. The monoisotopic (exact) mass is 230 g/mol. The number of nitrogens with zero attached hydrogens (tertiary/aromatic N) is 1. The average molecular weight is 231 g/mol. The number of benzene rings is 1. The number of hydrogen-bond donors (Lipinski definition) is 1. The Hall–Kier alpha value is -1.06. The maximum absolute atomic E-state index is 13.3. The van der Waals surface area contributed by atoms with Crippen molar-refractivity contribution in [3.63, 3.8) is 0 Å². The minimum Gasteiger partial charge on any atom is -0.396 e. The van der Waals surface area contributed by atoms with Crippen molar-refractivity contribution in [2.45, 2.75) is 0 Å². The van der Waals surface area contributed by atoms with Crippen LogP contribution in [0, 0.1) is 5.82 Å². The van der Waals surface area contributed by atoms with Gasteiger partial charge >= 0.3 is 0 Å². The normalized spacial score (nSPS) is 10.8. The van der Waals surface area contributed by atoms with Crippen molar-refractivity contribution in [2.24, 2.45) is 0 Å². The maximum atomic E-state index is 13.3. The fourth-order valence-electron chi connectivity index (χ4n) is 1.21. The number of pyridine rings is 1. The van der Waals surface area contributed by atoms with Crippen LogP contribution in [0.5, 0.6) is 0 Å². The topological polar surface area (TPSA) is 38.9 Å². The Morgan fingerprint density at radius 2 is 2.00 bits per heavy atom. The predicted molar refractivity (Wildman–Crippen MR) is 56.1 cm³/mol. The van der Waals surface area contributed by atoms with E-state index in [0.717, 1.165) is 0 Å². The van der Waals surface area contributed by atoms with Gasteiger partial charge in [-0.15, -0.1) is 0 Å². The third-order valence-electron chi connectivity index (χ3n) is 1.85. The molecular formula is C9H5Cl2FN2. The zero-order chi connectivity index (χ0) is 10.3. The predicted octanol–water partition coefficient (Wildman–Crippen LogP) is 3.26. The standard InChI is InChI=1S/C9H5Cl2FN2/c10-4-1-5-8(11)7(13)3-14-9(5)6(12)2-4/h1-3H,13H2. The van der Waals surface area contributed by atoms with Gasteiger partial charge in [0.1, 0.15) is 5.52 Å². The third kappa shape index (κ3) is 1.38. The van der Waals surface area contributed by atoms with Gasteiger partial charge in [0.25, 0.3) is 0 Å². The number of nitrogens with two attached hydrogens (primary N) is 1. The molecule has 2 nitrogen and oxygen atoms in total. The lowest BCUT2D eigenvalue weighted by atomic mass is 10.2. The summed E-state index contributed by atoms with van der Waals surface area (Å²) in [4.78, 5) is 3.84. The van der Waals surface area contributed by atoms with Crippen LogP contribution in [0.1, 0.15) is 0 Å². The molecule has 1 aromatic carbocycles. The molecule has 0 unspecified atom stereocenters. The lowest BCUT2D eigenvalue weighted by Crippen LogP contribution is -1.92. The highest BCUT2D eigenvalue weighted by atomic mass is 35.5. The summed E-state index contributed by atoms with van der Waals surface area (Å²) in [5, 5.41) is 0.970. The first-order valence-corrected chi connectivity index (χ1v) is 4.54. The van der Waals surface area contributed by atoms with Crippen LogP contribution < -0.4 is 5.73 Å². The number of halogens is 3. The molecule has 0 radical (unpaired) electrons. The second-order valence-corrected chi connectivity index (χ2v) is 3.63. The first-order chi connectivity index (χ1) is 6.59. The van der Waals surface area contributed by atoms with E-state index in [1.165, 1.54) is 18.3 Å². The fourth-order valence-corrected chi connectivity index (χ4v) is 1.61. The quantitative estimate of drug-likeness (QED) is 0.755. The Bertz CT molecular complexity index is 514. The maximum Gasteiger partial charge on any atom is 0.150 e. The van der Waals surface area contributed by atoms with E-state index in [1.807, 2.05) is 0 Å². The molecular weight excluding hydrogens is 226 g/mol. The SMILES string of the molecule is Nc1cnc2c(F)cc(Cl)cc2c1Cl. The van der Waals surface area contributed by atoms with Crippen LogP contribution in [0.15, 0.2) is 18.3 Å².